The average Bonchev–Trinajstić information content (AvgIpc) is 2.54. The van der Waals surface area contributed by atoms with E-state index in [1.165, 1.54) is 0 Å². The third-order valence-electron chi connectivity index (χ3n) is 2.63. The van der Waals surface area contributed by atoms with E-state index in [4.69, 9.17) is 5.73 Å². The maximum Gasteiger partial charge on any atom is 0.207 e. The fourth-order valence-electron chi connectivity index (χ4n) is 1.50. The van der Waals surface area contributed by atoms with Gasteiger partial charge in [0.05, 0.1) is 0 Å². The SMILES string of the molecule is Nc1c(F)c(F)c(F)c(F)c1Oc1c(F)c(F)c(F)c(F)c1F. The summed E-state index contributed by atoms with van der Waals surface area (Å²) in [5.41, 5.74) is 3.28. The Labute approximate surface area is 120 Å². The molecule has 0 atom stereocenters. The number of hydrogen-bond acceptors (Lipinski definition) is 2. The molecule has 0 heterocycles. The van der Waals surface area contributed by atoms with Crippen molar-refractivity contribution < 1.29 is 44.3 Å². The van der Waals surface area contributed by atoms with Gasteiger partial charge in [0.15, 0.2) is 17.4 Å². The largest absolute Gasteiger partial charge is 0.445 e. The van der Waals surface area contributed by atoms with Gasteiger partial charge in [0.2, 0.25) is 46.5 Å². The minimum absolute atomic E-state index is 1.58. The summed E-state index contributed by atoms with van der Waals surface area (Å²) in [5, 5.41) is 0. The van der Waals surface area contributed by atoms with Crippen molar-refractivity contribution in [3.05, 3.63) is 52.4 Å². The van der Waals surface area contributed by atoms with E-state index in [2.05, 4.69) is 4.74 Å². The Bertz CT molecular complexity index is 696. The molecule has 0 radical (unpaired) electrons. The van der Waals surface area contributed by atoms with Gasteiger partial charge in [-0.2, -0.15) is 13.2 Å². The van der Waals surface area contributed by atoms with Crippen LogP contribution in [0.2, 0.25) is 0 Å². The summed E-state index contributed by atoms with van der Waals surface area (Å²) in [7, 11) is 0. The molecule has 23 heavy (non-hydrogen) atoms. The second-order valence-electron chi connectivity index (χ2n) is 4.00. The van der Waals surface area contributed by atoms with Crippen molar-refractivity contribution in [2.75, 3.05) is 5.73 Å². The van der Waals surface area contributed by atoms with E-state index >= 15 is 0 Å². The molecule has 0 aliphatic heterocycles. The zero-order valence-corrected chi connectivity index (χ0v) is 10.4. The van der Waals surface area contributed by atoms with Gasteiger partial charge in [-0.3, -0.25) is 0 Å². The highest BCUT2D eigenvalue weighted by atomic mass is 19.2. The number of hydrogen-bond donors (Lipinski definition) is 1. The van der Waals surface area contributed by atoms with Crippen LogP contribution in [0, 0.1) is 52.4 Å². The predicted octanol–water partition coefficient (Wildman–Crippen LogP) is 4.31. The van der Waals surface area contributed by atoms with Crippen molar-refractivity contribution in [3.63, 3.8) is 0 Å². The normalized spacial score (nSPS) is 11.0. The third kappa shape index (κ3) is 2.41. The second kappa shape index (κ2) is 5.56. The Balaban J connectivity index is 2.71. The van der Waals surface area contributed by atoms with Gasteiger partial charge >= 0.3 is 0 Å². The lowest BCUT2D eigenvalue weighted by Gasteiger charge is -2.13. The Morgan fingerprint density at radius 2 is 0.739 bits per heavy atom. The molecule has 11 heteroatoms. The van der Waals surface area contributed by atoms with Crippen molar-refractivity contribution >= 4 is 5.69 Å². The van der Waals surface area contributed by atoms with Crippen molar-refractivity contribution in [1.29, 1.82) is 0 Å². The number of halogens is 9. The van der Waals surface area contributed by atoms with Gasteiger partial charge in [0, 0.05) is 0 Å². The van der Waals surface area contributed by atoms with Crippen molar-refractivity contribution in [1.82, 2.24) is 0 Å². The molecule has 0 fully saturated rings. The summed E-state index contributed by atoms with van der Waals surface area (Å²) in [5.74, 6) is -25.7. The van der Waals surface area contributed by atoms with E-state index in [-0.39, 0.29) is 0 Å². The van der Waals surface area contributed by atoms with E-state index < -0.39 is 69.5 Å². The van der Waals surface area contributed by atoms with Crippen molar-refractivity contribution in [2.24, 2.45) is 0 Å². The highest BCUT2D eigenvalue weighted by Crippen LogP contribution is 2.39. The molecule has 2 N–H and O–H groups in total. The lowest BCUT2D eigenvalue weighted by atomic mass is 10.2. The summed E-state index contributed by atoms with van der Waals surface area (Å²) >= 11 is 0. The van der Waals surface area contributed by atoms with Crippen LogP contribution in [0.4, 0.5) is 45.2 Å². The van der Waals surface area contributed by atoms with Crippen LogP contribution in [0.5, 0.6) is 11.5 Å². The molecule has 0 spiro atoms. The predicted molar refractivity (Wildman–Crippen MR) is 57.0 cm³/mol. The summed E-state index contributed by atoms with van der Waals surface area (Å²) in [6.45, 7) is 0. The van der Waals surface area contributed by atoms with E-state index in [9.17, 15) is 39.5 Å². The average molecular weight is 347 g/mol. The van der Waals surface area contributed by atoms with Crippen molar-refractivity contribution in [3.8, 4) is 11.5 Å². The van der Waals surface area contributed by atoms with E-state index in [1.54, 1.807) is 0 Å². The van der Waals surface area contributed by atoms with Gasteiger partial charge in [-0.25, -0.2) is 26.3 Å². The lowest BCUT2D eigenvalue weighted by molar-refractivity contribution is 0.318. The minimum Gasteiger partial charge on any atom is -0.445 e. The Morgan fingerprint density at radius 3 is 1.17 bits per heavy atom. The summed E-state index contributed by atoms with van der Waals surface area (Å²) in [4.78, 5) is 0. The van der Waals surface area contributed by atoms with Gasteiger partial charge < -0.3 is 10.5 Å². The number of anilines is 1. The molecule has 0 amide bonds. The van der Waals surface area contributed by atoms with E-state index in [1.807, 2.05) is 0 Å². The molecule has 2 nitrogen and oxygen atoms in total. The molecule has 2 rings (SSSR count). The van der Waals surface area contributed by atoms with Crippen molar-refractivity contribution in [2.45, 2.75) is 0 Å². The fourth-order valence-corrected chi connectivity index (χ4v) is 1.50. The maximum atomic E-state index is 13.4. The molecule has 0 unspecified atom stereocenters. The third-order valence-corrected chi connectivity index (χ3v) is 2.63. The molecule has 0 aromatic heterocycles. The van der Waals surface area contributed by atoms with Crippen LogP contribution < -0.4 is 10.5 Å². The van der Waals surface area contributed by atoms with E-state index in [0.717, 1.165) is 0 Å². The van der Waals surface area contributed by atoms with Gasteiger partial charge in [-0.05, 0) is 0 Å². The van der Waals surface area contributed by atoms with Crippen LogP contribution in [0.3, 0.4) is 0 Å². The summed E-state index contributed by atoms with van der Waals surface area (Å²) in [6.07, 6.45) is 0. The smallest absolute Gasteiger partial charge is 0.207 e. The zero-order chi connectivity index (χ0) is 17.6. The Hall–Kier alpha value is -2.59. The second-order valence-corrected chi connectivity index (χ2v) is 4.00. The molecule has 0 bridgehead atoms. The van der Waals surface area contributed by atoms with Gasteiger partial charge in [0.1, 0.15) is 5.69 Å². The summed E-state index contributed by atoms with van der Waals surface area (Å²) in [6, 6.07) is 0. The topological polar surface area (TPSA) is 35.2 Å². The molecule has 2 aromatic rings. The first kappa shape index (κ1) is 16.8. The Kier molecular flexibility index (Phi) is 4.05. The molecule has 0 saturated carbocycles. The molecule has 2 aromatic carbocycles. The first-order chi connectivity index (χ1) is 10.6. The molecular formula is C12H2F9NO. The highest BCUT2D eigenvalue weighted by molar-refractivity contribution is 5.56. The highest BCUT2D eigenvalue weighted by Gasteiger charge is 2.31. The number of nitrogen functional groups attached to an aromatic ring is 1. The molecule has 0 aliphatic carbocycles. The van der Waals surface area contributed by atoms with Crippen LogP contribution in [0.1, 0.15) is 0 Å². The number of rotatable bonds is 2. The van der Waals surface area contributed by atoms with Crippen LogP contribution in [-0.4, -0.2) is 0 Å². The molecule has 124 valence electrons. The number of benzene rings is 2. The lowest BCUT2D eigenvalue weighted by Crippen LogP contribution is -2.09. The standard InChI is InChI=1S/C12H2F9NO/c13-1-3(15)7(19)11(8(20)4(1)16)23-12-9(21)5(17)2(14)6(18)10(12)22/h22H2. The molecule has 0 saturated heterocycles. The fraction of sp³-hybridized carbons (Fsp3) is 0. The van der Waals surface area contributed by atoms with Gasteiger partial charge in [-0.1, -0.05) is 0 Å². The van der Waals surface area contributed by atoms with Crippen LogP contribution in [0.25, 0.3) is 0 Å². The molecular weight excluding hydrogens is 345 g/mol. The quantitative estimate of drug-likeness (QED) is 0.380. The monoisotopic (exact) mass is 347 g/mol. The molecule has 0 aliphatic rings. The number of ether oxygens (including phenoxy) is 1. The van der Waals surface area contributed by atoms with Crippen LogP contribution in [0.15, 0.2) is 0 Å². The van der Waals surface area contributed by atoms with Crippen LogP contribution in [-0.2, 0) is 0 Å². The first-order valence-electron chi connectivity index (χ1n) is 5.40. The van der Waals surface area contributed by atoms with Gasteiger partial charge in [0.25, 0.3) is 0 Å². The first-order valence-corrected chi connectivity index (χ1v) is 5.40. The van der Waals surface area contributed by atoms with Crippen LogP contribution >= 0.6 is 0 Å². The minimum atomic E-state index is -2.54. The van der Waals surface area contributed by atoms with Gasteiger partial charge in [-0.15, -0.1) is 0 Å². The summed E-state index contributed by atoms with van der Waals surface area (Å²) < 4.78 is 122. The Morgan fingerprint density at radius 1 is 0.435 bits per heavy atom. The number of nitrogens with two attached hydrogens (primary N) is 1. The maximum absolute atomic E-state index is 13.4. The van der Waals surface area contributed by atoms with E-state index in [0.29, 0.717) is 0 Å². The zero-order valence-electron chi connectivity index (χ0n) is 10.4.